The number of carbonyl (C=O) groups excluding carboxylic acids is 1. The van der Waals surface area contributed by atoms with Crippen LogP contribution in [0, 0.1) is 0 Å². The molecule has 0 unspecified atom stereocenters. The second-order valence-electron chi connectivity index (χ2n) is 4.21. The van der Waals surface area contributed by atoms with Crippen LogP contribution in [0.3, 0.4) is 0 Å². The van der Waals surface area contributed by atoms with Gasteiger partial charge in [0.15, 0.2) is 0 Å². The Bertz CT molecular complexity index is 737. The predicted octanol–water partition coefficient (Wildman–Crippen LogP) is 1.62. The van der Waals surface area contributed by atoms with Crippen molar-refractivity contribution >= 4 is 27.7 Å². The van der Waals surface area contributed by atoms with Crippen LogP contribution in [-0.4, -0.2) is 24.1 Å². The number of para-hydroxylation sites is 2. The Hall–Kier alpha value is -2.62. The van der Waals surface area contributed by atoms with E-state index in [1.807, 2.05) is 0 Å². The van der Waals surface area contributed by atoms with Crippen molar-refractivity contribution in [2.45, 2.75) is 0 Å². The van der Waals surface area contributed by atoms with Gasteiger partial charge in [-0.25, -0.2) is 10.6 Å². The first kappa shape index (κ1) is 15.8. The normalized spacial score (nSPS) is 10.8. The molecule has 22 heavy (non-hydrogen) atoms. The molecule has 0 radical (unpaired) electrons. The number of hydrogen-bond donors (Lipinski definition) is 3. The van der Waals surface area contributed by atoms with Crippen molar-refractivity contribution in [3.05, 3.63) is 60.7 Å². The molecule has 0 aliphatic carbocycles. The molecule has 2 amide bonds. The molecule has 0 aliphatic rings. The number of nitrogens with two attached hydrogens (primary N) is 1. The molecule has 2 aromatic rings. The second kappa shape index (κ2) is 6.43. The molecule has 8 nitrogen and oxygen atoms in total. The molecule has 4 N–H and O–H groups in total. The average molecular weight is 322 g/mol. The van der Waals surface area contributed by atoms with Gasteiger partial charge in [0.2, 0.25) is 0 Å². The maximum Gasteiger partial charge on any atom is 0.373 e. The third kappa shape index (κ3) is 3.73. The number of rotatable bonds is 4. The number of nitrogens with zero attached hydrogens (tertiary/aromatic N) is 2. The van der Waals surface area contributed by atoms with Gasteiger partial charge in [0, 0.05) is 0 Å². The van der Waals surface area contributed by atoms with E-state index < -0.39 is 16.3 Å². The lowest BCUT2D eigenvalue weighted by Crippen LogP contribution is -2.52. The molecular weight excluding hydrogens is 308 g/mol. The van der Waals surface area contributed by atoms with Gasteiger partial charge < -0.3 is 0 Å². The van der Waals surface area contributed by atoms with Gasteiger partial charge in [-0.2, -0.15) is 17.8 Å². The standard InChI is InChI=1S/C13H14N4O4S/c14-17(15-11-7-3-1-4-8-11)13(18)16(22(19,20)21)12-9-5-2-6-10-12/h1-10,15H,14H2,(H,19,20,21). The number of nitrogens with one attached hydrogen (secondary N) is 1. The van der Waals surface area contributed by atoms with E-state index in [4.69, 9.17) is 5.84 Å². The molecule has 2 rings (SSSR count). The summed E-state index contributed by atoms with van der Waals surface area (Å²) in [6.07, 6.45) is 0. The fourth-order valence-corrected chi connectivity index (χ4v) is 2.38. The summed E-state index contributed by atoms with van der Waals surface area (Å²) >= 11 is 0. The summed E-state index contributed by atoms with van der Waals surface area (Å²) in [5.74, 6) is 5.54. The van der Waals surface area contributed by atoms with E-state index in [1.165, 1.54) is 24.3 Å². The molecule has 2 aromatic carbocycles. The van der Waals surface area contributed by atoms with Crippen LogP contribution >= 0.6 is 0 Å². The fraction of sp³-hybridized carbons (Fsp3) is 0. The quantitative estimate of drug-likeness (QED) is 0.341. The van der Waals surface area contributed by atoms with E-state index in [0.717, 1.165) is 0 Å². The lowest BCUT2D eigenvalue weighted by molar-refractivity contribution is 0.219. The highest BCUT2D eigenvalue weighted by Crippen LogP contribution is 2.18. The van der Waals surface area contributed by atoms with Crippen LogP contribution in [0.5, 0.6) is 0 Å². The van der Waals surface area contributed by atoms with E-state index >= 15 is 0 Å². The third-order valence-corrected chi connectivity index (χ3v) is 3.45. The van der Waals surface area contributed by atoms with Crippen molar-refractivity contribution in [3.8, 4) is 0 Å². The Morgan fingerprint density at radius 3 is 2.00 bits per heavy atom. The highest BCUT2D eigenvalue weighted by Gasteiger charge is 2.30. The summed E-state index contributed by atoms with van der Waals surface area (Å²) in [6, 6.07) is 14.7. The Kier molecular flexibility index (Phi) is 4.61. The van der Waals surface area contributed by atoms with E-state index in [-0.39, 0.29) is 9.99 Å². The number of anilines is 2. The molecule has 0 fully saturated rings. The number of benzene rings is 2. The van der Waals surface area contributed by atoms with Gasteiger partial charge >= 0.3 is 16.3 Å². The molecule has 0 atom stereocenters. The molecule has 0 bridgehead atoms. The van der Waals surface area contributed by atoms with Crippen LogP contribution in [0.15, 0.2) is 60.7 Å². The first-order valence-corrected chi connectivity index (χ1v) is 7.52. The summed E-state index contributed by atoms with van der Waals surface area (Å²) in [5.41, 5.74) is 2.94. The van der Waals surface area contributed by atoms with Gasteiger partial charge in [-0.15, -0.1) is 0 Å². The Balaban J connectivity index is 2.27. The Labute approximate surface area is 127 Å². The molecule has 9 heteroatoms. The zero-order chi connectivity index (χ0) is 16.2. The predicted molar refractivity (Wildman–Crippen MR) is 82.0 cm³/mol. The van der Waals surface area contributed by atoms with Crippen LogP contribution in [0.2, 0.25) is 0 Å². The topological polar surface area (TPSA) is 116 Å². The summed E-state index contributed by atoms with van der Waals surface area (Å²) < 4.78 is 32.4. The highest BCUT2D eigenvalue weighted by molar-refractivity contribution is 7.88. The van der Waals surface area contributed by atoms with E-state index in [0.29, 0.717) is 10.8 Å². The Morgan fingerprint density at radius 2 is 1.50 bits per heavy atom. The number of hydrogen-bond acceptors (Lipinski definition) is 5. The first-order valence-electron chi connectivity index (χ1n) is 6.13. The van der Waals surface area contributed by atoms with Gasteiger partial charge in [0.1, 0.15) is 0 Å². The van der Waals surface area contributed by atoms with Crippen molar-refractivity contribution in [3.63, 3.8) is 0 Å². The molecule has 0 heterocycles. The van der Waals surface area contributed by atoms with Crippen molar-refractivity contribution in [2.24, 2.45) is 5.84 Å². The minimum atomic E-state index is -4.83. The zero-order valence-electron chi connectivity index (χ0n) is 11.3. The van der Waals surface area contributed by atoms with Gasteiger partial charge in [0.05, 0.1) is 11.4 Å². The van der Waals surface area contributed by atoms with E-state index in [1.54, 1.807) is 36.4 Å². The van der Waals surface area contributed by atoms with Crippen LogP contribution in [0.4, 0.5) is 16.2 Å². The SMILES string of the molecule is NN(Nc1ccccc1)C(=O)N(c1ccccc1)S(=O)(=O)O. The molecule has 0 saturated carbocycles. The van der Waals surface area contributed by atoms with Crippen LogP contribution in [0.1, 0.15) is 0 Å². The van der Waals surface area contributed by atoms with Crippen LogP contribution < -0.4 is 15.6 Å². The van der Waals surface area contributed by atoms with Crippen LogP contribution in [0.25, 0.3) is 0 Å². The summed E-state index contributed by atoms with van der Waals surface area (Å²) in [7, 11) is -4.83. The lowest BCUT2D eigenvalue weighted by atomic mass is 10.3. The van der Waals surface area contributed by atoms with Gasteiger partial charge in [-0.1, -0.05) is 36.4 Å². The minimum Gasteiger partial charge on any atom is -0.280 e. The zero-order valence-corrected chi connectivity index (χ0v) is 12.1. The van der Waals surface area contributed by atoms with E-state index in [9.17, 15) is 17.8 Å². The largest absolute Gasteiger partial charge is 0.373 e. The lowest BCUT2D eigenvalue weighted by Gasteiger charge is -2.25. The Morgan fingerprint density at radius 1 is 1.00 bits per heavy atom. The maximum absolute atomic E-state index is 12.2. The smallest absolute Gasteiger partial charge is 0.280 e. The molecular formula is C13H14N4O4S. The number of amides is 2. The number of carbonyl (C=O) groups is 1. The average Bonchev–Trinajstić information content (AvgIpc) is 2.48. The van der Waals surface area contributed by atoms with Gasteiger partial charge in [-0.05, 0) is 24.3 Å². The first-order chi connectivity index (χ1) is 10.4. The minimum absolute atomic E-state index is 0.0414. The molecule has 0 aromatic heterocycles. The molecule has 0 saturated heterocycles. The van der Waals surface area contributed by atoms with Gasteiger partial charge in [0.25, 0.3) is 0 Å². The fourth-order valence-electron chi connectivity index (χ4n) is 1.70. The van der Waals surface area contributed by atoms with Crippen molar-refractivity contribution in [1.82, 2.24) is 5.12 Å². The van der Waals surface area contributed by atoms with Crippen molar-refractivity contribution in [1.29, 1.82) is 0 Å². The van der Waals surface area contributed by atoms with Crippen molar-refractivity contribution in [2.75, 3.05) is 9.73 Å². The van der Waals surface area contributed by atoms with Gasteiger partial charge in [-0.3, -0.25) is 9.98 Å². The van der Waals surface area contributed by atoms with E-state index in [2.05, 4.69) is 5.43 Å². The molecule has 116 valence electrons. The summed E-state index contributed by atoms with van der Waals surface area (Å²) in [5, 5.41) is 0.468. The van der Waals surface area contributed by atoms with Crippen LogP contribution in [-0.2, 0) is 10.3 Å². The highest BCUT2D eigenvalue weighted by atomic mass is 32.2. The molecule has 0 spiro atoms. The second-order valence-corrected chi connectivity index (χ2v) is 5.47. The molecule has 0 aliphatic heterocycles. The number of urea groups is 1. The summed E-state index contributed by atoms with van der Waals surface area (Å²) in [6.45, 7) is 0. The third-order valence-electron chi connectivity index (χ3n) is 2.62. The maximum atomic E-state index is 12.2. The summed E-state index contributed by atoms with van der Waals surface area (Å²) in [4.78, 5) is 12.2. The van der Waals surface area contributed by atoms with Crippen molar-refractivity contribution < 1.29 is 17.8 Å². The number of hydrazine groups is 2. The monoisotopic (exact) mass is 322 g/mol.